The van der Waals surface area contributed by atoms with E-state index in [0.29, 0.717) is 5.39 Å². The molecule has 0 aliphatic rings. The molecule has 0 amide bonds. The third-order valence-electron chi connectivity index (χ3n) is 5.82. The van der Waals surface area contributed by atoms with Crippen LogP contribution in [0.5, 0.6) is 0 Å². The minimum atomic E-state index is -4.90. The molecule has 2 heterocycles. The largest absolute Gasteiger partial charge is 0.416 e. The summed E-state index contributed by atoms with van der Waals surface area (Å²) in [6.45, 7) is 0. The minimum Gasteiger partial charge on any atom is -0.264 e. The fraction of sp³-hybridized carbons (Fsp3) is 0.0714. The Balaban J connectivity index is 1.50. The Morgan fingerprint density at radius 2 is 1.08 bits per heavy atom. The summed E-state index contributed by atoms with van der Waals surface area (Å²) in [5.74, 6) is 0. The first-order valence-electron chi connectivity index (χ1n) is 10.8. The Kier molecular flexibility index (Phi) is 5.74. The van der Waals surface area contributed by atoms with Crippen LogP contribution in [-0.4, -0.2) is 9.97 Å². The summed E-state index contributed by atoms with van der Waals surface area (Å²) >= 11 is 0. The molecule has 8 heteroatoms. The highest BCUT2D eigenvalue weighted by Crippen LogP contribution is 2.39. The lowest BCUT2D eigenvalue weighted by atomic mass is 9.95. The standard InChI is InChI=1S/C28H16F6N2/c29-27(30,31)24-12-23(13-25(14-24)28(32,33)34)20-6-4-17-10-19(5-3-18(17)11-20)21-7-8-26(36-16-21)22-2-1-9-35-15-22/h1-16H. The second-order valence-corrected chi connectivity index (χ2v) is 8.25. The lowest BCUT2D eigenvalue weighted by Crippen LogP contribution is -2.11. The van der Waals surface area contributed by atoms with Crippen molar-refractivity contribution < 1.29 is 26.3 Å². The number of hydrogen-bond donors (Lipinski definition) is 0. The van der Waals surface area contributed by atoms with Crippen LogP contribution in [0.3, 0.4) is 0 Å². The molecule has 0 N–H and O–H groups in total. The maximum absolute atomic E-state index is 13.3. The van der Waals surface area contributed by atoms with Gasteiger partial charge in [0, 0.05) is 29.7 Å². The molecule has 0 aliphatic heterocycles. The number of alkyl halides is 6. The van der Waals surface area contributed by atoms with E-state index in [1.165, 1.54) is 6.07 Å². The number of halogens is 6. The van der Waals surface area contributed by atoms with Gasteiger partial charge in [-0.25, -0.2) is 0 Å². The van der Waals surface area contributed by atoms with E-state index in [0.717, 1.165) is 39.9 Å². The smallest absolute Gasteiger partial charge is 0.264 e. The topological polar surface area (TPSA) is 25.8 Å². The molecule has 0 spiro atoms. The van der Waals surface area contributed by atoms with Crippen molar-refractivity contribution in [2.75, 3.05) is 0 Å². The monoisotopic (exact) mass is 494 g/mol. The van der Waals surface area contributed by atoms with Crippen LogP contribution in [0.1, 0.15) is 11.1 Å². The van der Waals surface area contributed by atoms with Gasteiger partial charge >= 0.3 is 12.4 Å². The van der Waals surface area contributed by atoms with Crippen molar-refractivity contribution in [3.05, 3.63) is 109 Å². The summed E-state index contributed by atoms with van der Waals surface area (Å²) in [4.78, 5) is 8.58. The molecule has 0 fully saturated rings. The molecule has 5 rings (SSSR count). The Morgan fingerprint density at radius 3 is 1.58 bits per heavy atom. The number of pyridine rings is 2. The second kappa shape index (κ2) is 8.78. The molecule has 0 radical (unpaired) electrons. The number of aromatic nitrogens is 2. The summed E-state index contributed by atoms with van der Waals surface area (Å²) in [6, 6.07) is 19.4. The van der Waals surface area contributed by atoms with Crippen molar-refractivity contribution >= 4 is 10.8 Å². The fourth-order valence-electron chi connectivity index (χ4n) is 3.98. The van der Waals surface area contributed by atoms with Gasteiger partial charge in [0.2, 0.25) is 0 Å². The lowest BCUT2D eigenvalue weighted by molar-refractivity contribution is -0.143. The van der Waals surface area contributed by atoms with Crippen LogP contribution in [0, 0.1) is 0 Å². The summed E-state index contributed by atoms with van der Waals surface area (Å²) in [6.07, 6.45) is -4.66. The first-order valence-corrected chi connectivity index (χ1v) is 10.8. The number of rotatable bonds is 3. The molecule has 0 atom stereocenters. The van der Waals surface area contributed by atoms with Gasteiger partial charge in [-0.05, 0) is 76.0 Å². The second-order valence-electron chi connectivity index (χ2n) is 8.25. The van der Waals surface area contributed by atoms with Crippen LogP contribution in [0.4, 0.5) is 26.3 Å². The molecule has 0 unspecified atom stereocenters. The van der Waals surface area contributed by atoms with Gasteiger partial charge in [0.05, 0.1) is 16.8 Å². The van der Waals surface area contributed by atoms with E-state index in [-0.39, 0.29) is 17.2 Å². The zero-order valence-corrected chi connectivity index (χ0v) is 18.4. The van der Waals surface area contributed by atoms with E-state index >= 15 is 0 Å². The van der Waals surface area contributed by atoms with E-state index in [9.17, 15) is 26.3 Å². The number of benzene rings is 3. The van der Waals surface area contributed by atoms with E-state index in [4.69, 9.17) is 0 Å². The zero-order chi connectivity index (χ0) is 25.5. The molecule has 0 bridgehead atoms. The first-order chi connectivity index (χ1) is 17.1. The lowest BCUT2D eigenvalue weighted by Gasteiger charge is -2.15. The summed E-state index contributed by atoms with van der Waals surface area (Å²) in [5.41, 5.74) is 0.817. The van der Waals surface area contributed by atoms with E-state index < -0.39 is 23.5 Å². The molecule has 2 aromatic heterocycles. The normalized spacial score (nSPS) is 12.2. The molecule has 2 nitrogen and oxygen atoms in total. The van der Waals surface area contributed by atoms with Crippen molar-refractivity contribution in [3.8, 4) is 33.5 Å². The summed E-state index contributed by atoms with van der Waals surface area (Å²) in [7, 11) is 0. The number of nitrogens with zero attached hydrogens (tertiary/aromatic N) is 2. The van der Waals surface area contributed by atoms with Gasteiger partial charge in [0.1, 0.15) is 0 Å². The quantitative estimate of drug-likeness (QED) is 0.235. The Morgan fingerprint density at radius 1 is 0.500 bits per heavy atom. The van der Waals surface area contributed by atoms with Crippen molar-refractivity contribution in [2.45, 2.75) is 12.4 Å². The van der Waals surface area contributed by atoms with E-state index in [1.54, 1.807) is 36.8 Å². The van der Waals surface area contributed by atoms with E-state index in [1.807, 2.05) is 36.4 Å². The highest BCUT2D eigenvalue weighted by atomic mass is 19.4. The molecule has 0 saturated heterocycles. The first kappa shape index (κ1) is 23.5. The third kappa shape index (κ3) is 4.79. The average Bonchev–Trinajstić information content (AvgIpc) is 2.87. The van der Waals surface area contributed by atoms with Gasteiger partial charge in [0.25, 0.3) is 0 Å². The highest BCUT2D eigenvalue weighted by molar-refractivity contribution is 5.91. The van der Waals surface area contributed by atoms with Crippen LogP contribution in [0.2, 0.25) is 0 Å². The van der Waals surface area contributed by atoms with Crippen LogP contribution >= 0.6 is 0 Å². The number of fused-ring (bicyclic) bond motifs is 1. The van der Waals surface area contributed by atoms with Crippen molar-refractivity contribution in [2.24, 2.45) is 0 Å². The zero-order valence-electron chi connectivity index (χ0n) is 18.4. The van der Waals surface area contributed by atoms with Crippen molar-refractivity contribution in [3.63, 3.8) is 0 Å². The molecule has 36 heavy (non-hydrogen) atoms. The maximum atomic E-state index is 13.3. The van der Waals surface area contributed by atoms with Gasteiger partial charge in [-0.1, -0.05) is 30.3 Å². The number of hydrogen-bond acceptors (Lipinski definition) is 2. The molecule has 0 aliphatic carbocycles. The predicted octanol–water partition coefficient (Wildman–Crippen LogP) is 8.67. The average molecular weight is 494 g/mol. The van der Waals surface area contributed by atoms with Gasteiger partial charge in [-0.3, -0.25) is 9.97 Å². The van der Waals surface area contributed by atoms with E-state index in [2.05, 4.69) is 9.97 Å². The molecular formula is C28H16F6N2. The van der Waals surface area contributed by atoms with Crippen molar-refractivity contribution in [1.82, 2.24) is 9.97 Å². The highest BCUT2D eigenvalue weighted by Gasteiger charge is 2.37. The summed E-state index contributed by atoms with van der Waals surface area (Å²) in [5, 5.41) is 1.47. The third-order valence-corrected chi connectivity index (χ3v) is 5.82. The van der Waals surface area contributed by atoms with Crippen LogP contribution < -0.4 is 0 Å². The fourth-order valence-corrected chi connectivity index (χ4v) is 3.98. The Labute approximate surface area is 201 Å². The van der Waals surface area contributed by atoms with Crippen LogP contribution in [0.15, 0.2) is 97.5 Å². The molecule has 180 valence electrons. The molecular weight excluding hydrogens is 478 g/mol. The van der Waals surface area contributed by atoms with Gasteiger partial charge in [-0.2, -0.15) is 26.3 Å². The molecule has 3 aromatic carbocycles. The van der Waals surface area contributed by atoms with Crippen LogP contribution in [-0.2, 0) is 12.4 Å². The molecule has 5 aromatic rings. The van der Waals surface area contributed by atoms with Gasteiger partial charge in [0.15, 0.2) is 0 Å². The molecule has 0 saturated carbocycles. The van der Waals surface area contributed by atoms with Gasteiger partial charge in [-0.15, -0.1) is 0 Å². The predicted molar refractivity (Wildman–Crippen MR) is 126 cm³/mol. The summed E-state index contributed by atoms with van der Waals surface area (Å²) < 4.78 is 79.5. The minimum absolute atomic E-state index is 0.129. The maximum Gasteiger partial charge on any atom is 0.416 e. The van der Waals surface area contributed by atoms with Crippen LogP contribution in [0.25, 0.3) is 44.3 Å². The van der Waals surface area contributed by atoms with Gasteiger partial charge < -0.3 is 0 Å². The van der Waals surface area contributed by atoms with Crippen molar-refractivity contribution in [1.29, 1.82) is 0 Å². The Bertz CT molecular complexity index is 1510. The Hall–Kier alpha value is -4.20. The SMILES string of the molecule is FC(F)(F)c1cc(-c2ccc3cc(-c4ccc(-c5cccnc5)nc4)ccc3c2)cc(C(F)(F)F)c1.